The van der Waals surface area contributed by atoms with Gasteiger partial charge in [0.05, 0.1) is 11.7 Å². The van der Waals surface area contributed by atoms with E-state index in [1.54, 1.807) is 18.2 Å². The van der Waals surface area contributed by atoms with Crippen molar-refractivity contribution in [3.63, 3.8) is 0 Å². The van der Waals surface area contributed by atoms with E-state index in [9.17, 15) is 9.59 Å². The fourth-order valence-corrected chi connectivity index (χ4v) is 2.57. The number of nitrogens with zero attached hydrogens (tertiary/aromatic N) is 2. The molecule has 0 aliphatic heterocycles. The number of nitrogens with one attached hydrogen (secondary N) is 1. The van der Waals surface area contributed by atoms with Crippen LogP contribution in [0.5, 0.6) is 0 Å². The van der Waals surface area contributed by atoms with Crippen LogP contribution in [0.2, 0.25) is 0 Å². The van der Waals surface area contributed by atoms with Crippen molar-refractivity contribution in [2.24, 2.45) is 0 Å². The Hall–Kier alpha value is -2.95. The van der Waals surface area contributed by atoms with Crippen molar-refractivity contribution in [3.05, 3.63) is 70.5 Å². The number of carbonyl (C=O) groups excluding carboxylic acids is 1. The number of anilines is 1. The Balaban J connectivity index is 1.78. The van der Waals surface area contributed by atoms with Crippen LogP contribution in [-0.2, 0) is 11.3 Å². The van der Waals surface area contributed by atoms with E-state index in [0.717, 1.165) is 5.69 Å². The van der Waals surface area contributed by atoms with Gasteiger partial charge in [0.2, 0.25) is 11.3 Å². The van der Waals surface area contributed by atoms with Crippen LogP contribution >= 0.6 is 0 Å². The van der Waals surface area contributed by atoms with Gasteiger partial charge in [0.1, 0.15) is 6.54 Å². The molecule has 3 aromatic rings. The van der Waals surface area contributed by atoms with Gasteiger partial charge in [-0.25, -0.2) is 0 Å². The highest BCUT2D eigenvalue weighted by molar-refractivity contribution is 5.91. The predicted octanol–water partition coefficient (Wildman–Crippen LogP) is 3.16. The van der Waals surface area contributed by atoms with Crippen molar-refractivity contribution < 1.29 is 4.79 Å². The molecule has 0 fully saturated rings. The molecule has 122 valence electrons. The zero-order valence-corrected chi connectivity index (χ0v) is 13.7. The lowest BCUT2D eigenvalue weighted by Gasteiger charge is -2.11. The van der Waals surface area contributed by atoms with E-state index >= 15 is 0 Å². The van der Waals surface area contributed by atoms with Gasteiger partial charge in [0.15, 0.2) is 0 Å². The molecule has 0 unspecified atom stereocenters. The fourth-order valence-electron chi connectivity index (χ4n) is 2.57. The number of carbonyl (C=O) groups is 1. The summed E-state index contributed by atoms with van der Waals surface area (Å²) in [6.07, 6.45) is 1.24. The highest BCUT2D eigenvalue weighted by atomic mass is 16.2. The Morgan fingerprint density at radius 1 is 1.12 bits per heavy atom. The number of benzene rings is 2. The van der Waals surface area contributed by atoms with Gasteiger partial charge in [-0.15, -0.1) is 0 Å². The van der Waals surface area contributed by atoms with Crippen molar-refractivity contribution in [1.82, 2.24) is 9.78 Å². The number of fused-ring (bicyclic) bond motifs is 1. The van der Waals surface area contributed by atoms with Crippen molar-refractivity contribution in [2.45, 2.75) is 26.3 Å². The summed E-state index contributed by atoms with van der Waals surface area (Å²) < 4.78 is 1.54. The van der Waals surface area contributed by atoms with Crippen LogP contribution in [0.4, 0.5) is 5.69 Å². The zero-order valence-electron chi connectivity index (χ0n) is 13.7. The van der Waals surface area contributed by atoms with Crippen molar-refractivity contribution in [2.75, 3.05) is 5.32 Å². The normalized spacial score (nSPS) is 11.0. The summed E-state index contributed by atoms with van der Waals surface area (Å²) in [7, 11) is 0. The van der Waals surface area contributed by atoms with E-state index in [2.05, 4.69) is 24.3 Å². The molecule has 1 amide bonds. The van der Waals surface area contributed by atoms with Gasteiger partial charge in [-0.2, -0.15) is 5.10 Å². The first-order valence-electron chi connectivity index (χ1n) is 7.89. The molecule has 5 nitrogen and oxygen atoms in total. The van der Waals surface area contributed by atoms with Gasteiger partial charge in [-0.05, 0) is 35.7 Å². The Labute approximate surface area is 139 Å². The van der Waals surface area contributed by atoms with Gasteiger partial charge in [-0.1, -0.05) is 38.1 Å². The molecule has 3 rings (SSSR count). The van der Waals surface area contributed by atoms with Gasteiger partial charge in [-0.3, -0.25) is 14.3 Å². The smallest absolute Gasteiger partial charge is 0.246 e. The van der Waals surface area contributed by atoms with E-state index in [0.29, 0.717) is 16.8 Å². The summed E-state index contributed by atoms with van der Waals surface area (Å²) in [4.78, 5) is 24.1. The van der Waals surface area contributed by atoms with Crippen LogP contribution in [0.25, 0.3) is 10.9 Å². The summed E-state index contributed by atoms with van der Waals surface area (Å²) in [5, 5.41) is 7.48. The molecule has 0 atom stereocenters. The van der Waals surface area contributed by atoms with Crippen LogP contribution < -0.4 is 10.7 Å². The van der Waals surface area contributed by atoms with Crippen LogP contribution in [0, 0.1) is 0 Å². The molecule has 0 saturated carbocycles. The Morgan fingerprint density at radius 3 is 2.54 bits per heavy atom. The molecule has 0 radical (unpaired) electrons. The molecule has 2 aromatic carbocycles. The number of hydrogen-bond donors (Lipinski definition) is 1. The lowest BCUT2D eigenvalue weighted by atomic mass is 10.0. The third kappa shape index (κ3) is 3.35. The monoisotopic (exact) mass is 321 g/mol. The van der Waals surface area contributed by atoms with Gasteiger partial charge in [0.25, 0.3) is 0 Å². The SMILES string of the molecule is CC(C)c1ccc(NC(=O)Cn2ncc(=O)c3ccccc32)cc1. The molecule has 1 N–H and O–H groups in total. The number of hydrogen-bond acceptors (Lipinski definition) is 3. The second-order valence-electron chi connectivity index (χ2n) is 6.01. The minimum absolute atomic E-state index is 0.0483. The van der Waals surface area contributed by atoms with Crippen LogP contribution in [0.3, 0.4) is 0 Å². The number of amides is 1. The van der Waals surface area contributed by atoms with E-state index in [-0.39, 0.29) is 17.9 Å². The maximum Gasteiger partial charge on any atom is 0.246 e. The molecule has 0 spiro atoms. The average molecular weight is 321 g/mol. The molecule has 5 heteroatoms. The maximum absolute atomic E-state index is 12.3. The molecule has 0 saturated heterocycles. The Morgan fingerprint density at radius 2 is 1.83 bits per heavy atom. The van der Waals surface area contributed by atoms with Crippen molar-refractivity contribution in [3.8, 4) is 0 Å². The fraction of sp³-hybridized carbons (Fsp3) is 0.211. The summed E-state index contributed by atoms with van der Waals surface area (Å²) in [6, 6.07) is 14.9. The first-order chi connectivity index (χ1) is 11.5. The predicted molar refractivity (Wildman–Crippen MR) is 95.2 cm³/mol. The second-order valence-corrected chi connectivity index (χ2v) is 6.01. The van der Waals surface area contributed by atoms with Crippen LogP contribution in [-0.4, -0.2) is 15.7 Å². The highest BCUT2D eigenvalue weighted by Crippen LogP contribution is 2.17. The Kier molecular flexibility index (Phi) is 4.42. The molecule has 1 heterocycles. The first kappa shape index (κ1) is 15.9. The topological polar surface area (TPSA) is 64.0 Å². The lowest BCUT2D eigenvalue weighted by molar-refractivity contribution is -0.116. The van der Waals surface area contributed by atoms with Crippen LogP contribution in [0.1, 0.15) is 25.3 Å². The molecule has 1 aromatic heterocycles. The minimum Gasteiger partial charge on any atom is -0.324 e. The van der Waals surface area contributed by atoms with Crippen molar-refractivity contribution >= 4 is 22.5 Å². The zero-order chi connectivity index (χ0) is 17.1. The quantitative estimate of drug-likeness (QED) is 0.803. The summed E-state index contributed by atoms with van der Waals surface area (Å²) in [5.74, 6) is 0.264. The second kappa shape index (κ2) is 6.66. The average Bonchev–Trinajstić information content (AvgIpc) is 2.58. The van der Waals surface area contributed by atoms with E-state index in [4.69, 9.17) is 0 Å². The molecular weight excluding hydrogens is 302 g/mol. The van der Waals surface area contributed by atoms with Crippen molar-refractivity contribution in [1.29, 1.82) is 0 Å². The van der Waals surface area contributed by atoms with E-state index in [1.165, 1.54) is 16.4 Å². The number of para-hydroxylation sites is 1. The molecule has 0 aliphatic carbocycles. The summed E-state index contributed by atoms with van der Waals surface area (Å²) in [5.41, 5.74) is 2.47. The maximum atomic E-state index is 12.3. The highest BCUT2D eigenvalue weighted by Gasteiger charge is 2.08. The van der Waals surface area contributed by atoms with Crippen LogP contribution in [0.15, 0.2) is 59.5 Å². The lowest BCUT2D eigenvalue weighted by Crippen LogP contribution is -2.22. The van der Waals surface area contributed by atoms with Gasteiger partial charge in [0, 0.05) is 11.1 Å². The molecular formula is C19H19N3O2. The largest absolute Gasteiger partial charge is 0.324 e. The van der Waals surface area contributed by atoms with Gasteiger partial charge >= 0.3 is 0 Å². The summed E-state index contributed by atoms with van der Waals surface area (Å²) >= 11 is 0. The number of aromatic nitrogens is 2. The minimum atomic E-state index is -0.186. The third-order valence-electron chi connectivity index (χ3n) is 3.92. The third-order valence-corrected chi connectivity index (χ3v) is 3.92. The Bertz CT molecular complexity index is 927. The van der Waals surface area contributed by atoms with Gasteiger partial charge < -0.3 is 5.32 Å². The summed E-state index contributed by atoms with van der Waals surface area (Å²) in [6.45, 7) is 4.30. The number of rotatable bonds is 4. The molecule has 0 bridgehead atoms. The molecule has 24 heavy (non-hydrogen) atoms. The van der Waals surface area contributed by atoms with E-state index < -0.39 is 0 Å². The van der Waals surface area contributed by atoms with E-state index in [1.807, 2.05) is 30.3 Å². The molecule has 0 aliphatic rings. The standard InChI is InChI=1S/C19H19N3O2/c1-13(2)14-7-9-15(10-8-14)21-19(24)12-22-17-6-4-3-5-16(17)18(23)11-20-22/h3-11,13H,12H2,1-2H3,(H,21,24). The first-order valence-corrected chi connectivity index (χ1v) is 7.89.